The van der Waals surface area contributed by atoms with Crippen molar-refractivity contribution in [2.75, 3.05) is 0 Å². The zero-order valence-electron chi connectivity index (χ0n) is 9.97. The molecule has 0 saturated heterocycles. The summed E-state index contributed by atoms with van der Waals surface area (Å²) in [4.78, 5) is 0. The van der Waals surface area contributed by atoms with Gasteiger partial charge < -0.3 is 4.74 Å². The molecule has 0 aromatic heterocycles. The molecule has 1 atom stereocenters. The van der Waals surface area contributed by atoms with Crippen LogP contribution in [0.25, 0.3) is 0 Å². The Morgan fingerprint density at radius 1 is 1.11 bits per heavy atom. The van der Waals surface area contributed by atoms with Gasteiger partial charge in [-0.25, -0.2) is 0 Å². The number of aryl methyl sites for hydroxylation is 1. The van der Waals surface area contributed by atoms with Gasteiger partial charge in [0.1, 0.15) is 11.9 Å². The Morgan fingerprint density at radius 3 is 2.72 bits per heavy atom. The second-order valence-corrected chi connectivity index (χ2v) is 4.49. The fourth-order valence-electron chi connectivity index (χ4n) is 2.36. The van der Waals surface area contributed by atoms with Gasteiger partial charge in [0.2, 0.25) is 0 Å². The molecule has 0 saturated carbocycles. The Morgan fingerprint density at radius 2 is 1.94 bits per heavy atom. The molecule has 1 heterocycles. The summed E-state index contributed by atoms with van der Waals surface area (Å²) < 4.78 is 6.01. The lowest BCUT2D eigenvalue weighted by atomic mass is 9.96. The van der Waals surface area contributed by atoms with Crippen molar-refractivity contribution in [3.63, 3.8) is 0 Å². The molecule has 18 heavy (non-hydrogen) atoms. The minimum atomic E-state index is 0.131. The molecule has 1 aliphatic rings. The zero-order chi connectivity index (χ0) is 12.4. The van der Waals surface area contributed by atoms with Crippen LogP contribution in [-0.2, 0) is 6.42 Å². The van der Waals surface area contributed by atoms with E-state index in [0.29, 0.717) is 5.56 Å². The van der Waals surface area contributed by atoms with Crippen LogP contribution in [0.2, 0.25) is 0 Å². The number of hydrogen-bond donors (Lipinski definition) is 0. The molecular formula is C16H13NO. The summed E-state index contributed by atoms with van der Waals surface area (Å²) in [6, 6.07) is 18.1. The molecule has 0 aliphatic carbocycles. The van der Waals surface area contributed by atoms with Crippen LogP contribution in [-0.4, -0.2) is 0 Å². The van der Waals surface area contributed by atoms with Gasteiger partial charge in [-0.1, -0.05) is 30.3 Å². The second-order valence-electron chi connectivity index (χ2n) is 4.49. The lowest BCUT2D eigenvalue weighted by Gasteiger charge is -2.26. The van der Waals surface area contributed by atoms with Crippen LogP contribution in [0.3, 0.4) is 0 Å². The monoisotopic (exact) mass is 235 g/mol. The minimum Gasteiger partial charge on any atom is -0.485 e. The average molecular weight is 235 g/mol. The molecule has 0 N–H and O–H groups in total. The number of rotatable bonds is 1. The molecule has 1 unspecified atom stereocenters. The van der Waals surface area contributed by atoms with E-state index in [9.17, 15) is 0 Å². The topological polar surface area (TPSA) is 33.0 Å². The highest BCUT2D eigenvalue weighted by Crippen LogP contribution is 2.35. The number of fused-ring (bicyclic) bond motifs is 1. The van der Waals surface area contributed by atoms with Gasteiger partial charge in [-0.15, -0.1) is 0 Å². The molecule has 0 amide bonds. The number of nitriles is 1. The molecule has 1 aliphatic heterocycles. The standard InChI is InChI=1S/C16H13NO/c17-11-12-6-8-16-14(10-12)7-9-15(18-16)13-4-2-1-3-5-13/h1-6,8,10,15H,7,9H2. The van der Waals surface area contributed by atoms with Crippen molar-refractivity contribution in [2.24, 2.45) is 0 Å². The summed E-state index contributed by atoms with van der Waals surface area (Å²) in [5.74, 6) is 0.911. The largest absolute Gasteiger partial charge is 0.485 e. The van der Waals surface area contributed by atoms with Crippen LogP contribution in [0, 0.1) is 11.3 Å². The van der Waals surface area contributed by atoms with Gasteiger partial charge in [-0.2, -0.15) is 5.26 Å². The van der Waals surface area contributed by atoms with Crippen molar-refractivity contribution in [1.82, 2.24) is 0 Å². The van der Waals surface area contributed by atoms with E-state index < -0.39 is 0 Å². The third-order valence-electron chi connectivity index (χ3n) is 3.31. The van der Waals surface area contributed by atoms with Crippen LogP contribution >= 0.6 is 0 Å². The third-order valence-corrected chi connectivity index (χ3v) is 3.31. The van der Waals surface area contributed by atoms with E-state index in [1.807, 2.05) is 36.4 Å². The summed E-state index contributed by atoms with van der Waals surface area (Å²) >= 11 is 0. The maximum Gasteiger partial charge on any atom is 0.124 e. The van der Waals surface area contributed by atoms with E-state index >= 15 is 0 Å². The maximum absolute atomic E-state index is 8.88. The zero-order valence-corrected chi connectivity index (χ0v) is 9.97. The number of ether oxygens (including phenoxy) is 1. The summed E-state index contributed by atoms with van der Waals surface area (Å²) in [6.45, 7) is 0. The van der Waals surface area contributed by atoms with Gasteiger partial charge in [0.15, 0.2) is 0 Å². The van der Waals surface area contributed by atoms with Crippen LogP contribution in [0.1, 0.15) is 29.2 Å². The molecule has 2 heteroatoms. The summed E-state index contributed by atoms with van der Waals surface area (Å²) in [6.07, 6.45) is 2.06. The van der Waals surface area contributed by atoms with Crippen LogP contribution in [0.15, 0.2) is 48.5 Å². The van der Waals surface area contributed by atoms with E-state index in [4.69, 9.17) is 10.00 Å². The Hall–Kier alpha value is -2.27. The Kier molecular flexibility index (Phi) is 2.74. The molecule has 0 spiro atoms. The summed E-state index contributed by atoms with van der Waals surface area (Å²) in [5.41, 5.74) is 3.06. The first kappa shape index (κ1) is 10.9. The highest BCUT2D eigenvalue weighted by atomic mass is 16.5. The average Bonchev–Trinajstić information content (AvgIpc) is 2.47. The van der Waals surface area contributed by atoms with Crippen LogP contribution < -0.4 is 4.74 Å². The van der Waals surface area contributed by atoms with Gasteiger partial charge in [0, 0.05) is 0 Å². The normalized spacial score (nSPS) is 17.4. The van der Waals surface area contributed by atoms with E-state index in [0.717, 1.165) is 24.2 Å². The molecule has 88 valence electrons. The van der Waals surface area contributed by atoms with E-state index in [2.05, 4.69) is 18.2 Å². The molecule has 0 radical (unpaired) electrons. The molecule has 2 aromatic carbocycles. The quantitative estimate of drug-likeness (QED) is 0.756. The van der Waals surface area contributed by atoms with Gasteiger partial charge in [-0.3, -0.25) is 0 Å². The van der Waals surface area contributed by atoms with Gasteiger partial charge >= 0.3 is 0 Å². The highest BCUT2D eigenvalue weighted by molar-refractivity contribution is 5.43. The smallest absolute Gasteiger partial charge is 0.124 e. The molecule has 2 nitrogen and oxygen atoms in total. The molecule has 2 aromatic rings. The van der Waals surface area contributed by atoms with Crippen molar-refractivity contribution < 1.29 is 4.74 Å². The van der Waals surface area contributed by atoms with Gasteiger partial charge in [0.25, 0.3) is 0 Å². The van der Waals surface area contributed by atoms with Crippen molar-refractivity contribution in [3.05, 3.63) is 65.2 Å². The predicted molar refractivity (Wildman–Crippen MR) is 69.3 cm³/mol. The number of benzene rings is 2. The number of nitrogens with zero attached hydrogens (tertiary/aromatic N) is 1. The van der Waals surface area contributed by atoms with Crippen molar-refractivity contribution in [1.29, 1.82) is 5.26 Å². The maximum atomic E-state index is 8.88. The molecular weight excluding hydrogens is 222 g/mol. The Labute approximate surface area is 106 Å². The lowest BCUT2D eigenvalue weighted by molar-refractivity contribution is 0.176. The van der Waals surface area contributed by atoms with Crippen molar-refractivity contribution in [2.45, 2.75) is 18.9 Å². The number of hydrogen-bond acceptors (Lipinski definition) is 2. The lowest BCUT2D eigenvalue weighted by Crippen LogP contribution is -2.15. The fourth-order valence-corrected chi connectivity index (χ4v) is 2.36. The first-order valence-electron chi connectivity index (χ1n) is 6.11. The van der Waals surface area contributed by atoms with E-state index in [-0.39, 0.29) is 6.10 Å². The second kappa shape index (κ2) is 4.54. The highest BCUT2D eigenvalue weighted by Gasteiger charge is 2.21. The molecule has 0 fully saturated rings. The van der Waals surface area contributed by atoms with Crippen LogP contribution in [0.5, 0.6) is 5.75 Å². The van der Waals surface area contributed by atoms with Gasteiger partial charge in [0.05, 0.1) is 11.6 Å². The Balaban J connectivity index is 1.88. The van der Waals surface area contributed by atoms with Gasteiger partial charge in [-0.05, 0) is 42.2 Å². The molecule has 0 bridgehead atoms. The van der Waals surface area contributed by atoms with Crippen LogP contribution in [0.4, 0.5) is 0 Å². The molecule has 3 rings (SSSR count). The third kappa shape index (κ3) is 1.96. The SMILES string of the molecule is N#Cc1ccc2c(c1)CCC(c1ccccc1)O2. The minimum absolute atomic E-state index is 0.131. The fraction of sp³-hybridized carbons (Fsp3) is 0.188. The van der Waals surface area contributed by atoms with Crippen molar-refractivity contribution >= 4 is 0 Å². The first-order chi connectivity index (χ1) is 8.86. The first-order valence-corrected chi connectivity index (χ1v) is 6.11. The predicted octanol–water partition coefficient (Wildman–Crippen LogP) is 3.62. The van der Waals surface area contributed by atoms with E-state index in [1.165, 1.54) is 5.56 Å². The summed E-state index contributed by atoms with van der Waals surface area (Å²) in [7, 11) is 0. The summed E-state index contributed by atoms with van der Waals surface area (Å²) in [5, 5.41) is 8.88. The van der Waals surface area contributed by atoms with Crippen molar-refractivity contribution in [3.8, 4) is 11.8 Å². The van der Waals surface area contributed by atoms with E-state index in [1.54, 1.807) is 0 Å². The Bertz CT molecular complexity index is 598.